The lowest BCUT2D eigenvalue weighted by atomic mass is 10.3. The first kappa shape index (κ1) is 14.0. The zero-order chi connectivity index (χ0) is 12.7. The van der Waals surface area contributed by atoms with E-state index in [2.05, 4.69) is 15.3 Å². The molecule has 1 N–H and O–H groups in total. The number of hydrogen-bond acceptors (Lipinski definition) is 5. The Hall–Kier alpha value is -1.07. The first-order valence-corrected chi connectivity index (χ1v) is 5.99. The molecule has 5 nitrogen and oxygen atoms in total. The van der Waals surface area contributed by atoms with Crippen LogP contribution < -0.4 is 10.1 Å². The van der Waals surface area contributed by atoms with E-state index in [1.165, 1.54) is 6.33 Å². The summed E-state index contributed by atoms with van der Waals surface area (Å²) < 4.78 is 10.5. The number of anilines is 1. The third-order valence-corrected chi connectivity index (χ3v) is 2.28. The molecule has 0 bridgehead atoms. The number of alkyl halides is 1. The van der Waals surface area contributed by atoms with Crippen LogP contribution in [-0.2, 0) is 4.74 Å². The van der Waals surface area contributed by atoms with Gasteiger partial charge < -0.3 is 14.8 Å². The van der Waals surface area contributed by atoms with Crippen molar-refractivity contribution in [2.24, 2.45) is 0 Å². The maximum Gasteiger partial charge on any atom is 0.218 e. The molecule has 0 radical (unpaired) electrons. The average Bonchev–Trinajstić information content (AvgIpc) is 2.28. The molecule has 1 atom stereocenters. The Bertz CT molecular complexity index is 336. The number of ether oxygens (including phenoxy) is 2. The monoisotopic (exact) mass is 259 g/mol. The highest BCUT2D eigenvalue weighted by atomic mass is 35.5. The Labute approximate surface area is 107 Å². The molecule has 0 saturated carbocycles. The second kappa shape index (κ2) is 7.29. The van der Waals surface area contributed by atoms with Gasteiger partial charge in [0.15, 0.2) is 0 Å². The first-order chi connectivity index (χ1) is 8.15. The number of aromatic nitrogens is 2. The Morgan fingerprint density at radius 1 is 1.41 bits per heavy atom. The number of hydrogen-bond donors (Lipinski definition) is 1. The summed E-state index contributed by atoms with van der Waals surface area (Å²) in [6.07, 6.45) is 1.54. The van der Waals surface area contributed by atoms with Gasteiger partial charge in [-0.05, 0) is 13.8 Å². The molecule has 1 rings (SSSR count). The summed E-state index contributed by atoms with van der Waals surface area (Å²) in [6, 6.07) is 1.76. The molecule has 1 aromatic rings. The Morgan fingerprint density at radius 3 is 2.76 bits per heavy atom. The van der Waals surface area contributed by atoms with Crippen LogP contribution in [0.2, 0.25) is 0 Å². The van der Waals surface area contributed by atoms with Crippen molar-refractivity contribution >= 4 is 17.4 Å². The zero-order valence-electron chi connectivity index (χ0n) is 10.3. The van der Waals surface area contributed by atoms with Crippen molar-refractivity contribution in [3.8, 4) is 5.88 Å². The zero-order valence-corrected chi connectivity index (χ0v) is 11.1. The van der Waals surface area contributed by atoms with Gasteiger partial charge in [-0.3, -0.25) is 0 Å². The number of nitrogens with one attached hydrogen (secondary N) is 1. The standard InChI is InChI=1S/C11H18ClN3O2/c1-8(2)17-11-4-10(13-7-14-11)15-9(5-12)6-16-3/h4,7-9H,5-6H2,1-3H3,(H,13,14,15). The van der Waals surface area contributed by atoms with Crippen molar-refractivity contribution in [1.82, 2.24) is 9.97 Å². The van der Waals surface area contributed by atoms with E-state index in [1.54, 1.807) is 13.2 Å². The van der Waals surface area contributed by atoms with Crippen LogP contribution in [0.25, 0.3) is 0 Å². The lowest BCUT2D eigenvalue weighted by Crippen LogP contribution is -2.27. The van der Waals surface area contributed by atoms with E-state index in [4.69, 9.17) is 21.1 Å². The van der Waals surface area contributed by atoms with E-state index < -0.39 is 0 Å². The third-order valence-electron chi connectivity index (χ3n) is 1.90. The largest absolute Gasteiger partial charge is 0.475 e. The lowest BCUT2D eigenvalue weighted by Gasteiger charge is -2.16. The van der Waals surface area contributed by atoms with Crippen molar-refractivity contribution in [3.63, 3.8) is 0 Å². The first-order valence-electron chi connectivity index (χ1n) is 5.45. The molecule has 17 heavy (non-hydrogen) atoms. The van der Waals surface area contributed by atoms with E-state index in [-0.39, 0.29) is 12.1 Å². The van der Waals surface area contributed by atoms with E-state index in [1.807, 2.05) is 13.8 Å². The smallest absolute Gasteiger partial charge is 0.218 e. The molecule has 1 aromatic heterocycles. The van der Waals surface area contributed by atoms with E-state index >= 15 is 0 Å². The number of rotatable bonds is 7. The van der Waals surface area contributed by atoms with Crippen molar-refractivity contribution in [1.29, 1.82) is 0 Å². The topological polar surface area (TPSA) is 56.3 Å². The maximum absolute atomic E-state index is 5.80. The van der Waals surface area contributed by atoms with Gasteiger partial charge in [-0.25, -0.2) is 9.97 Å². The van der Waals surface area contributed by atoms with Gasteiger partial charge in [0, 0.05) is 19.1 Å². The normalized spacial score (nSPS) is 12.5. The van der Waals surface area contributed by atoms with Crippen LogP contribution >= 0.6 is 11.6 Å². The SMILES string of the molecule is COCC(CCl)Nc1cc(OC(C)C)ncn1. The van der Waals surface area contributed by atoms with Crippen LogP contribution in [0.5, 0.6) is 5.88 Å². The van der Waals surface area contributed by atoms with E-state index in [0.717, 1.165) is 0 Å². The second-order valence-corrected chi connectivity index (χ2v) is 4.17. The summed E-state index contributed by atoms with van der Waals surface area (Å²) in [5, 5.41) is 3.16. The van der Waals surface area contributed by atoms with E-state index in [0.29, 0.717) is 24.2 Å². The molecule has 6 heteroatoms. The minimum absolute atomic E-state index is 0.0171. The molecule has 0 fully saturated rings. The minimum Gasteiger partial charge on any atom is -0.475 e. The summed E-state index contributed by atoms with van der Waals surface area (Å²) in [4.78, 5) is 8.12. The number of methoxy groups -OCH3 is 1. The predicted octanol–water partition coefficient (Wildman–Crippen LogP) is 1.93. The van der Waals surface area contributed by atoms with Gasteiger partial charge >= 0.3 is 0 Å². The van der Waals surface area contributed by atoms with Crippen LogP contribution in [0.1, 0.15) is 13.8 Å². The molecule has 0 aromatic carbocycles. The van der Waals surface area contributed by atoms with Gasteiger partial charge in [-0.15, -0.1) is 11.6 Å². The summed E-state index contributed by atoms with van der Waals surface area (Å²) in [5.41, 5.74) is 0. The van der Waals surface area contributed by atoms with Gasteiger partial charge in [0.1, 0.15) is 12.1 Å². The summed E-state index contributed by atoms with van der Waals surface area (Å²) in [6.45, 7) is 4.41. The highest BCUT2D eigenvalue weighted by Crippen LogP contribution is 2.13. The minimum atomic E-state index is 0.0171. The van der Waals surface area contributed by atoms with Gasteiger partial charge in [0.2, 0.25) is 5.88 Å². The lowest BCUT2D eigenvalue weighted by molar-refractivity contribution is 0.191. The van der Waals surface area contributed by atoms with E-state index in [9.17, 15) is 0 Å². The second-order valence-electron chi connectivity index (χ2n) is 3.86. The van der Waals surface area contributed by atoms with Gasteiger partial charge in [0.05, 0.1) is 18.8 Å². The van der Waals surface area contributed by atoms with Crippen molar-refractivity contribution < 1.29 is 9.47 Å². The molecule has 0 saturated heterocycles. The molecule has 0 aliphatic heterocycles. The molecule has 1 heterocycles. The van der Waals surface area contributed by atoms with Crippen LogP contribution in [0, 0.1) is 0 Å². The van der Waals surface area contributed by atoms with Gasteiger partial charge in [0.25, 0.3) is 0 Å². The molecule has 0 amide bonds. The summed E-state index contributed by atoms with van der Waals surface area (Å²) >= 11 is 5.80. The quantitative estimate of drug-likeness (QED) is 0.759. The highest BCUT2D eigenvalue weighted by molar-refractivity contribution is 6.18. The maximum atomic E-state index is 5.80. The summed E-state index contributed by atoms with van der Waals surface area (Å²) in [5.74, 6) is 1.67. The fourth-order valence-corrected chi connectivity index (χ4v) is 1.43. The molecular formula is C11H18ClN3O2. The predicted molar refractivity (Wildman–Crippen MR) is 67.8 cm³/mol. The average molecular weight is 260 g/mol. The fraction of sp³-hybridized carbons (Fsp3) is 0.636. The van der Waals surface area contributed by atoms with Crippen LogP contribution in [0.3, 0.4) is 0 Å². The molecule has 1 unspecified atom stereocenters. The Morgan fingerprint density at radius 2 is 2.18 bits per heavy atom. The van der Waals surface area contributed by atoms with Gasteiger partial charge in [-0.2, -0.15) is 0 Å². The van der Waals surface area contributed by atoms with Crippen LogP contribution in [0.15, 0.2) is 12.4 Å². The number of nitrogens with zero attached hydrogens (tertiary/aromatic N) is 2. The number of halogens is 1. The van der Waals surface area contributed by atoms with Crippen molar-refractivity contribution in [3.05, 3.63) is 12.4 Å². The van der Waals surface area contributed by atoms with Crippen LogP contribution in [-0.4, -0.2) is 41.7 Å². The van der Waals surface area contributed by atoms with Crippen LogP contribution in [0.4, 0.5) is 5.82 Å². The summed E-state index contributed by atoms with van der Waals surface area (Å²) in [7, 11) is 1.63. The highest BCUT2D eigenvalue weighted by Gasteiger charge is 2.08. The molecule has 0 spiro atoms. The fourth-order valence-electron chi connectivity index (χ4n) is 1.26. The molecule has 96 valence electrons. The molecule has 0 aliphatic rings. The molecule has 0 aliphatic carbocycles. The van der Waals surface area contributed by atoms with Gasteiger partial charge in [-0.1, -0.05) is 0 Å². The van der Waals surface area contributed by atoms with Crippen molar-refractivity contribution in [2.45, 2.75) is 26.0 Å². The van der Waals surface area contributed by atoms with Crippen molar-refractivity contribution in [2.75, 3.05) is 24.9 Å². The Balaban J connectivity index is 2.63. The third kappa shape index (κ3) is 5.19. The molecular weight excluding hydrogens is 242 g/mol. The Kier molecular flexibility index (Phi) is 6.00.